The summed E-state index contributed by atoms with van der Waals surface area (Å²) in [7, 11) is 0. The van der Waals surface area contributed by atoms with Crippen LogP contribution in [0, 0.1) is 0 Å². The zero-order valence-electron chi connectivity index (χ0n) is 11.9. The highest BCUT2D eigenvalue weighted by molar-refractivity contribution is 5.81. The van der Waals surface area contributed by atoms with Crippen LogP contribution >= 0.6 is 0 Å². The number of esters is 2. The van der Waals surface area contributed by atoms with Crippen LogP contribution in [-0.4, -0.2) is 62.8 Å². The number of carbonyl (C=O) groups excluding carboxylic acids is 2. The van der Waals surface area contributed by atoms with Gasteiger partial charge in [0.15, 0.2) is 0 Å². The first-order chi connectivity index (χ1) is 9.63. The molecule has 0 aliphatic rings. The largest absolute Gasteiger partial charge is 0.466 e. The number of carbonyl (C=O) groups is 2. The summed E-state index contributed by atoms with van der Waals surface area (Å²) in [5, 5.41) is 0. The van der Waals surface area contributed by atoms with Gasteiger partial charge in [-0.1, -0.05) is 6.58 Å². The van der Waals surface area contributed by atoms with Crippen LogP contribution in [0.4, 0.5) is 0 Å². The molecule has 4 N–H and O–H groups in total. The van der Waals surface area contributed by atoms with Gasteiger partial charge in [-0.25, -0.2) is 4.79 Å². The van der Waals surface area contributed by atoms with E-state index in [9.17, 15) is 9.59 Å². The van der Waals surface area contributed by atoms with E-state index in [2.05, 4.69) is 6.58 Å². The maximum atomic E-state index is 11.5. The topological polar surface area (TPSA) is 108 Å². The van der Waals surface area contributed by atoms with Crippen LogP contribution < -0.4 is 11.5 Å². The number of ether oxygens (including phenoxy) is 2. The van der Waals surface area contributed by atoms with Crippen molar-refractivity contribution in [2.24, 2.45) is 11.5 Å². The molecule has 0 saturated heterocycles. The molecule has 0 fully saturated rings. The van der Waals surface area contributed by atoms with Crippen molar-refractivity contribution in [1.82, 2.24) is 4.90 Å². The van der Waals surface area contributed by atoms with Crippen LogP contribution in [0.25, 0.3) is 0 Å². The molecule has 0 rings (SSSR count). The summed E-state index contributed by atoms with van der Waals surface area (Å²) in [5.41, 5.74) is 10.9. The minimum Gasteiger partial charge on any atom is -0.466 e. The summed E-state index contributed by atoms with van der Waals surface area (Å²) >= 11 is 0. The van der Waals surface area contributed by atoms with E-state index >= 15 is 0 Å². The first-order valence-electron chi connectivity index (χ1n) is 6.71. The van der Waals surface area contributed by atoms with E-state index in [4.69, 9.17) is 20.9 Å². The third-order valence-corrected chi connectivity index (χ3v) is 2.49. The minimum absolute atomic E-state index is 0.213. The first-order valence-corrected chi connectivity index (χ1v) is 6.71. The molecule has 0 aromatic heterocycles. The molecule has 0 amide bonds. The predicted molar refractivity (Wildman–Crippen MR) is 75.9 cm³/mol. The van der Waals surface area contributed by atoms with Gasteiger partial charge >= 0.3 is 11.9 Å². The van der Waals surface area contributed by atoms with Crippen LogP contribution in [-0.2, 0) is 19.1 Å². The fourth-order valence-electron chi connectivity index (χ4n) is 1.50. The Kier molecular flexibility index (Phi) is 11.7. The Labute approximate surface area is 119 Å². The van der Waals surface area contributed by atoms with Crippen LogP contribution in [0.5, 0.6) is 0 Å². The Morgan fingerprint density at radius 3 is 2.20 bits per heavy atom. The Morgan fingerprint density at radius 1 is 1.05 bits per heavy atom. The molecule has 20 heavy (non-hydrogen) atoms. The molecule has 0 aromatic rings. The van der Waals surface area contributed by atoms with Gasteiger partial charge in [0.25, 0.3) is 0 Å². The zero-order chi connectivity index (χ0) is 15.2. The lowest BCUT2D eigenvalue weighted by atomic mass is 10.3. The number of hydrogen-bond acceptors (Lipinski definition) is 7. The minimum atomic E-state index is -0.476. The van der Waals surface area contributed by atoms with Crippen molar-refractivity contribution in [2.75, 3.05) is 45.9 Å². The SMILES string of the molecule is C=CC(=O)OCCCOC(=O)CCN(CCN)CCN. The molecule has 0 aliphatic carbocycles. The van der Waals surface area contributed by atoms with Gasteiger partial charge in [-0.05, 0) is 0 Å². The molecule has 0 atom stereocenters. The highest BCUT2D eigenvalue weighted by Crippen LogP contribution is 1.95. The Balaban J connectivity index is 3.61. The van der Waals surface area contributed by atoms with Gasteiger partial charge in [0.05, 0.1) is 19.6 Å². The van der Waals surface area contributed by atoms with Crippen LogP contribution in [0.2, 0.25) is 0 Å². The summed E-state index contributed by atoms with van der Waals surface area (Å²) in [6.45, 7) is 6.79. The van der Waals surface area contributed by atoms with Crippen molar-refractivity contribution in [3.63, 3.8) is 0 Å². The van der Waals surface area contributed by atoms with E-state index in [-0.39, 0.29) is 19.2 Å². The average Bonchev–Trinajstić information content (AvgIpc) is 2.44. The van der Waals surface area contributed by atoms with E-state index in [0.717, 1.165) is 6.08 Å². The molecule has 0 heterocycles. The quantitative estimate of drug-likeness (QED) is 0.276. The van der Waals surface area contributed by atoms with Gasteiger partial charge in [0.2, 0.25) is 0 Å². The number of nitrogens with two attached hydrogens (primary N) is 2. The fraction of sp³-hybridized carbons (Fsp3) is 0.692. The monoisotopic (exact) mass is 287 g/mol. The molecule has 0 saturated carbocycles. The molecule has 0 spiro atoms. The molecular formula is C13H25N3O4. The Morgan fingerprint density at radius 2 is 1.65 bits per heavy atom. The van der Waals surface area contributed by atoms with Gasteiger partial charge in [-0.2, -0.15) is 0 Å². The second kappa shape index (κ2) is 12.6. The maximum absolute atomic E-state index is 11.5. The summed E-state index contributed by atoms with van der Waals surface area (Å²) in [6, 6.07) is 0. The number of rotatable bonds is 12. The summed E-state index contributed by atoms with van der Waals surface area (Å²) in [5.74, 6) is -0.755. The van der Waals surface area contributed by atoms with Gasteiger partial charge in [-0.3, -0.25) is 4.79 Å². The fourth-order valence-corrected chi connectivity index (χ4v) is 1.50. The smallest absolute Gasteiger partial charge is 0.330 e. The van der Waals surface area contributed by atoms with Crippen molar-refractivity contribution < 1.29 is 19.1 Å². The molecule has 7 heteroatoms. The Bertz CT molecular complexity index is 291. The number of hydrogen-bond donors (Lipinski definition) is 2. The van der Waals surface area contributed by atoms with Crippen molar-refractivity contribution in [1.29, 1.82) is 0 Å². The molecular weight excluding hydrogens is 262 g/mol. The van der Waals surface area contributed by atoms with E-state index < -0.39 is 5.97 Å². The standard InChI is InChI=1S/C13H25N3O4/c1-2-12(17)19-10-3-11-20-13(18)4-7-16(8-5-14)9-6-15/h2H,1,3-11,14-15H2. The highest BCUT2D eigenvalue weighted by Gasteiger charge is 2.08. The van der Waals surface area contributed by atoms with E-state index in [1.807, 2.05) is 4.90 Å². The normalized spacial score (nSPS) is 10.3. The molecule has 7 nitrogen and oxygen atoms in total. The lowest BCUT2D eigenvalue weighted by molar-refractivity contribution is -0.144. The lowest BCUT2D eigenvalue weighted by Crippen LogP contribution is -2.35. The predicted octanol–water partition coefficient (Wildman–Crippen LogP) is -0.742. The first kappa shape index (κ1) is 18.6. The van der Waals surface area contributed by atoms with Gasteiger partial charge in [0, 0.05) is 45.2 Å². The summed E-state index contributed by atoms with van der Waals surface area (Å²) < 4.78 is 9.77. The zero-order valence-corrected chi connectivity index (χ0v) is 11.9. The number of nitrogens with zero attached hydrogens (tertiary/aromatic N) is 1. The second-order valence-corrected chi connectivity index (χ2v) is 4.11. The van der Waals surface area contributed by atoms with Crippen LogP contribution in [0.1, 0.15) is 12.8 Å². The molecule has 116 valence electrons. The lowest BCUT2D eigenvalue weighted by Gasteiger charge is -2.19. The summed E-state index contributed by atoms with van der Waals surface area (Å²) in [6.07, 6.45) is 1.86. The third-order valence-electron chi connectivity index (χ3n) is 2.49. The van der Waals surface area contributed by atoms with Crippen molar-refractivity contribution in [3.8, 4) is 0 Å². The van der Waals surface area contributed by atoms with Crippen molar-refractivity contribution in [3.05, 3.63) is 12.7 Å². The van der Waals surface area contributed by atoms with Crippen LogP contribution in [0.3, 0.4) is 0 Å². The van der Waals surface area contributed by atoms with Crippen LogP contribution in [0.15, 0.2) is 12.7 Å². The molecule has 0 bridgehead atoms. The van der Waals surface area contributed by atoms with Gasteiger partial charge in [-0.15, -0.1) is 0 Å². The maximum Gasteiger partial charge on any atom is 0.330 e. The van der Waals surface area contributed by atoms with Gasteiger partial charge < -0.3 is 25.8 Å². The molecule has 0 aliphatic heterocycles. The summed E-state index contributed by atoms with van der Waals surface area (Å²) in [4.78, 5) is 24.2. The van der Waals surface area contributed by atoms with E-state index in [0.29, 0.717) is 45.6 Å². The van der Waals surface area contributed by atoms with E-state index in [1.54, 1.807) is 0 Å². The molecule has 0 radical (unpaired) electrons. The molecule has 0 aromatic carbocycles. The van der Waals surface area contributed by atoms with Crippen molar-refractivity contribution in [2.45, 2.75) is 12.8 Å². The van der Waals surface area contributed by atoms with Crippen molar-refractivity contribution >= 4 is 11.9 Å². The second-order valence-electron chi connectivity index (χ2n) is 4.11. The third kappa shape index (κ3) is 10.5. The van der Waals surface area contributed by atoms with E-state index in [1.165, 1.54) is 0 Å². The average molecular weight is 287 g/mol. The molecule has 0 unspecified atom stereocenters. The van der Waals surface area contributed by atoms with Gasteiger partial charge in [0.1, 0.15) is 0 Å². The Hall–Kier alpha value is -1.44. The highest BCUT2D eigenvalue weighted by atomic mass is 16.5.